The minimum atomic E-state index is -0.0177. The third-order valence-electron chi connectivity index (χ3n) is 4.29. The van der Waals surface area contributed by atoms with E-state index in [1.165, 1.54) is 19.3 Å². The molecule has 1 aromatic heterocycles. The number of methoxy groups -OCH3 is 1. The lowest BCUT2D eigenvalue weighted by Crippen LogP contribution is -2.38. The highest BCUT2D eigenvalue weighted by Gasteiger charge is 2.37. The predicted molar refractivity (Wildman–Crippen MR) is 76.5 cm³/mol. The van der Waals surface area contributed by atoms with Crippen LogP contribution in [0.1, 0.15) is 63.3 Å². The SMILES string of the molecule is COc1c(C(C)C)ncnc1C1(CN)CCCCC1. The van der Waals surface area contributed by atoms with Crippen molar-refractivity contribution in [2.45, 2.75) is 57.3 Å². The molecule has 1 fully saturated rings. The summed E-state index contributed by atoms with van der Waals surface area (Å²) in [4.78, 5) is 8.94. The molecule has 0 spiro atoms. The summed E-state index contributed by atoms with van der Waals surface area (Å²) in [6.45, 7) is 4.90. The van der Waals surface area contributed by atoms with Crippen LogP contribution in [0.15, 0.2) is 6.33 Å². The first kappa shape index (κ1) is 14.3. The summed E-state index contributed by atoms with van der Waals surface area (Å²) >= 11 is 0. The highest BCUT2D eigenvalue weighted by molar-refractivity contribution is 5.39. The summed E-state index contributed by atoms with van der Waals surface area (Å²) in [5, 5.41) is 0. The normalized spacial score (nSPS) is 18.6. The van der Waals surface area contributed by atoms with Crippen LogP contribution in [-0.4, -0.2) is 23.6 Å². The summed E-state index contributed by atoms with van der Waals surface area (Å²) in [6, 6.07) is 0. The van der Waals surface area contributed by atoms with Crippen LogP contribution < -0.4 is 10.5 Å². The van der Waals surface area contributed by atoms with Gasteiger partial charge < -0.3 is 10.5 Å². The Labute approximate surface area is 115 Å². The van der Waals surface area contributed by atoms with E-state index in [2.05, 4.69) is 23.8 Å². The number of nitrogens with zero attached hydrogens (tertiary/aromatic N) is 2. The van der Waals surface area contributed by atoms with Crippen molar-refractivity contribution in [2.75, 3.05) is 13.7 Å². The standard InChI is InChI=1S/C15H25N3O/c1-11(2)12-13(19-3)14(18-10-17-12)15(9-16)7-5-4-6-8-15/h10-11H,4-9,16H2,1-3H3. The van der Waals surface area contributed by atoms with Gasteiger partial charge in [0.1, 0.15) is 6.33 Å². The van der Waals surface area contributed by atoms with E-state index in [1.807, 2.05) is 0 Å². The molecule has 0 bridgehead atoms. The van der Waals surface area contributed by atoms with Crippen LogP contribution in [0.3, 0.4) is 0 Å². The Morgan fingerprint density at radius 1 is 1.26 bits per heavy atom. The highest BCUT2D eigenvalue weighted by atomic mass is 16.5. The quantitative estimate of drug-likeness (QED) is 0.907. The summed E-state index contributed by atoms with van der Waals surface area (Å²) in [6.07, 6.45) is 7.62. The first-order chi connectivity index (χ1) is 9.14. The third-order valence-corrected chi connectivity index (χ3v) is 4.29. The molecular formula is C15H25N3O. The lowest BCUT2D eigenvalue weighted by molar-refractivity contribution is 0.277. The molecule has 0 atom stereocenters. The summed E-state index contributed by atoms with van der Waals surface area (Å²) in [5.74, 6) is 1.18. The number of ether oxygens (including phenoxy) is 1. The Kier molecular flexibility index (Phi) is 4.40. The second-order valence-corrected chi connectivity index (χ2v) is 5.84. The minimum absolute atomic E-state index is 0.0177. The second-order valence-electron chi connectivity index (χ2n) is 5.84. The average Bonchev–Trinajstić information content (AvgIpc) is 2.47. The Hall–Kier alpha value is -1.16. The zero-order chi connectivity index (χ0) is 13.9. The predicted octanol–water partition coefficient (Wildman–Crippen LogP) is 2.77. The van der Waals surface area contributed by atoms with Crippen molar-refractivity contribution in [3.8, 4) is 5.75 Å². The van der Waals surface area contributed by atoms with Gasteiger partial charge in [-0.2, -0.15) is 0 Å². The lowest BCUT2D eigenvalue weighted by atomic mass is 9.71. The van der Waals surface area contributed by atoms with E-state index in [1.54, 1.807) is 13.4 Å². The molecule has 2 N–H and O–H groups in total. The molecule has 2 rings (SSSR count). The summed E-state index contributed by atoms with van der Waals surface area (Å²) in [7, 11) is 1.71. The Balaban J connectivity index is 2.50. The molecule has 4 nitrogen and oxygen atoms in total. The van der Waals surface area contributed by atoms with Crippen LogP contribution in [0.25, 0.3) is 0 Å². The molecule has 1 aliphatic rings. The largest absolute Gasteiger partial charge is 0.493 e. The van der Waals surface area contributed by atoms with Crippen molar-refractivity contribution in [1.82, 2.24) is 9.97 Å². The lowest BCUT2D eigenvalue weighted by Gasteiger charge is -2.36. The Morgan fingerprint density at radius 2 is 1.95 bits per heavy atom. The van der Waals surface area contributed by atoms with Crippen LogP contribution in [-0.2, 0) is 5.41 Å². The van der Waals surface area contributed by atoms with E-state index in [0.717, 1.165) is 30.0 Å². The zero-order valence-electron chi connectivity index (χ0n) is 12.3. The van der Waals surface area contributed by atoms with Crippen LogP contribution in [0.4, 0.5) is 0 Å². The van der Waals surface area contributed by atoms with Gasteiger partial charge in [0, 0.05) is 12.0 Å². The fourth-order valence-electron chi connectivity index (χ4n) is 3.14. The molecule has 0 aromatic carbocycles. The second kappa shape index (κ2) is 5.87. The van der Waals surface area contributed by atoms with Crippen LogP contribution in [0, 0.1) is 0 Å². The average molecular weight is 263 g/mol. The van der Waals surface area contributed by atoms with E-state index < -0.39 is 0 Å². The van der Waals surface area contributed by atoms with Crippen molar-refractivity contribution in [1.29, 1.82) is 0 Å². The summed E-state index contributed by atoms with van der Waals surface area (Å²) < 4.78 is 5.64. The number of rotatable bonds is 4. The first-order valence-corrected chi connectivity index (χ1v) is 7.24. The van der Waals surface area contributed by atoms with Crippen molar-refractivity contribution < 1.29 is 4.74 Å². The first-order valence-electron chi connectivity index (χ1n) is 7.24. The minimum Gasteiger partial charge on any atom is -0.493 e. The van der Waals surface area contributed by atoms with E-state index in [0.29, 0.717) is 12.5 Å². The smallest absolute Gasteiger partial charge is 0.162 e. The van der Waals surface area contributed by atoms with Gasteiger partial charge in [-0.1, -0.05) is 33.1 Å². The van der Waals surface area contributed by atoms with Gasteiger partial charge in [-0.25, -0.2) is 9.97 Å². The molecular weight excluding hydrogens is 238 g/mol. The maximum atomic E-state index is 6.10. The Bertz CT molecular complexity index is 425. The van der Waals surface area contributed by atoms with Crippen LogP contribution >= 0.6 is 0 Å². The van der Waals surface area contributed by atoms with Gasteiger partial charge in [0.25, 0.3) is 0 Å². The van der Waals surface area contributed by atoms with Gasteiger partial charge in [0.2, 0.25) is 0 Å². The Morgan fingerprint density at radius 3 is 2.47 bits per heavy atom. The van der Waals surface area contributed by atoms with Crippen molar-refractivity contribution in [3.05, 3.63) is 17.7 Å². The number of hydrogen-bond acceptors (Lipinski definition) is 4. The van der Waals surface area contributed by atoms with Gasteiger partial charge in [0.05, 0.1) is 18.5 Å². The van der Waals surface area contributed by atoms with E-state index in [-0.39, 0.29) is 5.41 Å². The van der Waals surface area contributed by atoms with Crippen molar-refractivity contribution in [2.24, 2.45) is 5.73 Å². The van der Waals surface area contributed by atoms with Crippen molar-refractivity contribution >= 4 is 0 Å². The fourth-order valence-corrected chi connectivity index (χ4v) is 3.14. The fraction of sp³-hybridized carbons (Fsp3) is 0.733. The summed E-state index contributed by atoms with van der Waals surface area (Å²) in [5.41, 5.74) is 8.10. The number of hydrogen-bond donors (Lipinski definition) is 1. The molecule has 0 unspecified atom stereocenters. The van der Waals surface area contributed by atoms with Gasteiger partial charge in [-0.15, -0.1) is 0 Å². The molecule has 0 aliphatic heterocycles. The molecule has 19 heavy (non-hydrogen) atoms. The molecule has 4 heteroatoms. The van der Waals surface area contributed by atoms with E-state index in [9.17, 15) is 0 Å². The van der Waals surface area contributed by atoms with Gasteiger partial charge in [0.15, 0.2) is 5.75 Å². The number of aromatic nitrogens is 2. The molecule has 106 valence electrons. The number of nitrogens with two attached hydrogens (primary N) is 1. The molecule has 0 saturated heterocycles. The van der Waals surface area contributed by atoms with E-state index in [4.69, 9.17) is 10.5 Å². The monoisotopic (exact) mass is 263 g/mol. The van der Waals surface area contributed by atoms with Gasteiger partial charge >= 0.3 is 0 Å². The third kappa shape index (κ3) is 2.59. The van der Waals surface area contributed by atoms with E-state index >= 15 is 0 Å². The molecule has 1 heterocycles. The molecule has 0 amide bonds. The van der Waals surface area contributed by atoms with Crippen LogP contribution in [0.2, 0.25) is 0 Å². The van der Waals surface area contributed by atoms with Gasteiger partial charge in [-0.3, -0.25) is 0 Å². The zero-order valence-corrected chi connectivity index (χ0v) is 12.3. The molecule has 1 saturated carbocycles. The maximum Gasteiger partial charge on any atom is 0.162 e. The maximum absolute atomic E-state index is 6.10. The van der Waals surface area contributed by atoms with Crippen LogP contribution in [0.5, 0.6) is 5.75 Å². The molecule has 0 radical (unpaired) electrons. The van der Waals surface area contributed by atoms with Crippen molar-refractivity contribution in [3.63, 3.8) is 0 Å². The van der Waals surface area contributed by atoms with Gasteiger partial charge in [-0.05, 0) is 18.8 Å². The molecule has 1 aromatic rings. The highest BCUT2D eigenvalue weighted by Crippen LogP contribution is 2.43. The topological polar surface area (TPSA) is 61.0 Å². The molecule has 1 aliphatic carbocycles.